The van der Waals surface area contributed by atoms with Gasteiger partial charge in [0.1, 0.15) is 0 Å². The van der Waals surface area contributed by atoms with Gasteiger partial charge >= 0.3 is 5.97 Å². The number of aliphatic hydroxyl groups is 1. The zero-order valence-corrected chi connectivity index (χ0v) is 11.7. The second kappa shape index (κ2) is 5.71. The average Bonchev–Trinajstić information content (AvgIpc) is 2.73. The van der Waals surface area contributed by atoms with Gasteiger partial charge in [0.2, 0.25) is 5.91 Å². The van der Waals surface area contributed by atoms with Crippen molar-refractivity contribution in [1.82, 2.24) is 4.90 Å². The Bertz CT molecular complexity index is 488. The summed E-state index contributed by atoms with van der Waals surface area (Å²) in [7, 11) is 0. The maximum absolute atomic E-state index is 11.9. The number of likely N-dealkylation sites (tertiary alicyclic amines) is 1. The summed E-state index contributed by atoms with van der Waals surface area (Å²) < 4.78 is 0.848. The van der Waals surface area contributed by atoms with Crippen LogP contribution in [-0.2, 0) is 9.59 Å². The number of hydrogen-bond acceptors (Lipinski definition) is 3. The number of aliphatic carboxylic acids is 1. The summed E-state index contributed by atoms with van der Waals surface area (Å²) in [6.45, 7) is 0.178. The van der Waals surface area contributed by atoms with Gasteiger partial charge in [-0.15, -0.1) is 0 Å². The lowest BCUT2D eigenvalue weighted by Gasteiger charge is -2.25. The molecule has 19 heavy (non-hydrogen) atoms. The van der Waals surface area contributed by atoms with Crippen molar-refractivity contribution in [3.63, 3.8) is 0 Å². The lowest BCUT2D eigenvalue weighted by atomic mass is 10.1. The molecule has 2 atom stereocenters. The molecular weight excluding hydrogens is 314 g/mol. The lowest BCUT2D eigenvalue weighted by Crippen LogP contribution is -2.35. The molecule has 1 fully saturated rings. The molecule has 102 valence electrons. The van der Waals surface area contributed by atoms with Gasteiger partial charge in [-0.3, -0.25) is 4.79 Å². The summed E-state index contributed by atoms with van der Waals surface area (Å²) in [6, 6.07) is 5.87. The van der Waals surface area contributed by atoms with Crippen molar-refractivity contribution in [2.75, 3.05) is 13.2 Å². The van der Waals surface area contributed by atoms with Crippen LogP contribution in [0.4, 0.5) is 0 Å². The van der Waals surface area contributed by atoms with E-state index in [-0.39, 0.29) is 31.4 Å². The number of carboxylic acid groups (broad SMARTS) is 1. The Hall–Kier alpha value is -1.40. The number of carboxylic acids is 1. The van der Waals surface area contributed by atoms with Gasteiger partial charge in [-0.1, -0.05) is 28.1 Å². The number of aliphatic hydroxyl groups excluding tert-OH is 1. The maximum atomic E-state index is 11.9. The predicted octanol–water partition coefficient (Wildman–Crippen LogP) is 1.42. The van der Waals surface area contributed by atoms with E-state index in [1.54, 1.807) is 24.3 Å². The highest BCUT2D eigenvalue weighted by Crippen LogP contribution is 2.29. The number of carbonyl (C=O) groups excluding carboxylic acids is 1. The molecule has 5 nitrogen and oxygen atoms in total. The van der Waals surface area contributed by atoms with Crippen LogP contribution in [0.3, 0.4) is 0 Å². The summed E-state index contributed by atoms with van der Waals surface area (Å²) in [5, 5.41) is 18.5. The van der Waals surface area contributed by atoms with Crippen LogP contribution >= 0.6 is 15.9 Å². The van der Waals surface area contributed by atoms with Crippen molar-refractivity contribution in [2.45, 2.75) is 12.5 Å². The van der Waals surface area contributed by atoms with Crippen LogP contribution in [0.1, 0.15) is 18.0 Å². The van der Waals surface area contributed by atoms with Crippen LogP contribution in [0.25, 0.3) is 0 Å². The van der Waals surface area contributed by atoms with Crippen molar-refractivity contribution in [2.24, 2.45) is 5.92 Å². The highest BCUT2D eigenvalue weighted by atomic mass is 79.9. The van der Waals surface area contributed by atoms with Gasteiger partial charge in [0.25, 0.3) is 0 Å². The fourth-order valence-electron chi connectivity index (χ4n) is 2.28. The van der Waals surface area contributed by atoms with Crippen molar-refractivity contribution >= 4 is 27.8 Å². The molecule has 2 unspecified atom stereocenters. The van der Waals surface area contributed by atoms with Crippen LogP contribution in [0, 0.1) is 5.92 Å². The third-order valence-corrected chi connectivity index (χ3v) is 3.76. The van der Waals surface area contributed by atoms with Gasteiger partial charge in [-0.05, 0) is 17.7 Å². The Kier molecular flexibility index (Phi) is 4.21. The SMILES string of the molecule is O=C(O)C(c1ccc(Br)cc1)N1CC(CO)CC1=O. The minimum absolute atomic E-state index is 0.102. The number of amides is 1. The zero-order chi connectivity index (χ0) is 14.0. The minimum Gasteiger partial charge on any atom is -0.479 e. The fraction of sp³-hybridized carbons (Fsp3) is 0.385. The van der Waals surface area contributed by atoms with Crippen molar-refractivity contribution in [1.29, 1.82) is 0 Å². The monoisotopic (exact) mass is 327 g/mol. The first kappa shape index (κ1) is 14.0. The third-order valence-electron chi connectivity index (χ3n) is 3.23. The molecule has 0 aliphatic carbocycles. The predicted molar refractivity (Wildman–Crippen MR) is 71.4 cm³/mol. The zero-order valence-electron chi connectivity index (χ0n) is 10.1. The van der Waals surface area contributed by atoms with E-state index in [0.717, 1.165) is 4.47 Å². The highest BCUT2D eigenvalue weighted by Gasteiger charge is 2.38. The fourth-order valence-corrected chi connectivity index (χ4v) is 2.55. The molecular formula is C13H14BrNO4. The van der Waals surface area contributed by atoms with Crippen molar-refractivity contribution in [3.8, 4) is 0 Å². The largest absolute Gasteiger partial charge is 0.479 e. The highest BCUT2D eigenvalue weighted by molar-refractivity contribution is 9.10. The summed E-state index contributed by atoms with van der Waals surface area (Å²) in [6.07, 6.45) is 0.205. The van der Waals surface area contributed by atoms with Crippen LogP contribution in [0.15, 0.2) is 28.7 Å². The van der Waals surface area contributed by atoms with Crippen LogP contribution in [0.5, 0.6) is 0 Å². The number of carbonyl (C=O) groups is 2. The first-order chi connectivity index (χ1) is 9.02. The quantitative estimate of drug-likeness (QED) is 0.876. The van der Waals surface area contributed by atoms with Crippen molar-refractivity contribution in [3.05, 3.63) is 34.3 Å². The molecule has 0 spiro atoms. The van der Waals surface area contributed by atoms with Gasteiger partial charge in [0.15, 0.2) is 6.04 Å². The Morgan fingerprint density at radius 1 is 1.42 bits per heavy atom. The summed E-state index contributed by atoms with van der Waals surface area (Å²) in [4.78, 5) is 24.6. The first-order valence-corrected chi connectivity index (χ1v) is 6.71. The lowest BCUT2D eigenvalue weighted by molar-refractivity contribution is -0.148. The summed E-state index contributed by atoms with van der Waals surface area (Å²) in [5.74, 6) is -1.46. The molecule has 1 heterocycles. The van der Waals surface area contributed by atoms with E-state index < -0.39 is 12.0 Å². The molecule has 1 aliphatic heterocycles. The van der Waals surface area contributed by atoms with E-state index in [1.807, 2.05) is 0 Å². The number of hydrogen-bond donors (Lipinski definition) is 2. The molecule has 1 amide bonds. The topological polar surface area (TPSA) is 77.8 Å². The summed E-state index contributed by atoms with van der Waals surface area (Å²) >= 11 is 3.29. The van der Waals surface area contributed by atoms with Gasteiger partial charge in [-0.2, -0.15) is 0 Å². The van der Waals surface area contributed by atoms with Gasteiger partial charge in [0, 0.05) is 30.0 Å². The van der Waals surface area contributed by atoms with Gasteiger partial charge in [-0.25, -0.2) is 4.79 Å². The van der Waals surface area contributed by atoms with E-state index in [4.69, 9.17) is 5.11 Å². The van der Waals surface area contributed by atoms with E-state index in [1.165, 1.54) is 4.90 Å². The average molecular weight is 328 g/mol. The number of benzene rings is 1. The molecule has 0 aromatic heterocycles. The molecule has 2 rings (SSSR count). The van der Waals surface area contributed by atoms with Crippen LogP contribution in [0.2, 0.25) is 0 Å². The second-order valence-corrected chi connectivity index (χ2v) is 5.51. The molecule has 1 saturated heterocycles. The Morgan fingerprint density at radius 3 is 2.53 bits per heavy atom. The first-order valence-electron chi connectivity index (χ1n) is 5.91. The van der Waals surface area contributed by atoms with Crippen molar-refractivity contribution < 1.29 is 19.8 Å². The van der Waals surface area contributed by atoms with Crippen LogP contribution < -0.4 is 0 Å². The molecule has 0 radical (unpaired) electrons. The maximum Gasteiger partial charge on any atom is 0.331 e. The summed E-state index contributed by atoms with van der Waals surface area (Å²) in [5.41, 5.74) is 0.558. The molecule has 0 saturated carbocycles. The smallest absolute Gasteiger partial charge is 0.331 e. The Morgan fingerprint density at radius 2 is 2.05 bits per heavy atom. The van der Waals surface area contributed by atoms with E-state index in [2.05, 4.69) is 15.9 Å². The third kappa shape index (κ3) is 2.96. The van der Waals surface area contributed by atoms with E-state index >= 15 is 0 Å². The van der Waals surface area contributed by atoms with E-state index in [9.17, 15) is 14.7 Å². The normalized spacial score (nSPS) is 20.6. The molecule has 1 aliphatic rings. The van der Waals surface area contributed by atoms with Gasteiger partial charge < -0.3 is 15.1 Å². The number of halogens is 1. The number of nitrogens with zero attached hydrogens (tertiary/aromatic N) is 1. The van der Waals surface area contributed by atoms with E-state index in [0.29, 0.717) is 5.56 Å². The minimum atomic E-state index is -1.06. The molecule has 1 aromatic carbocycles. The van der Waals surface area contributed by atoms with Gasteiger partial charge in [0.05, 0.1) is 0 Å². The van der Waals surface area contributed by atoms with Crippen LogP contribution in [-0.4, -0.2) is 40.1 Å². The molecule has 0 bridgehead atoms. The molecule has 1 aromatic rings. The Balaban J connectivity index is 2.28. The number of rotatable bonds is 4. The molecule has 6 heteroatoms. The second-order valence-electron chi connectivity index (χ2n) is 4.59. The Labute approximate surface area is 119 Å². The molecule has 2 N–H and O–H groups in total. The standard InChI is InChI=1S/C13H14BrNO4/c14-10-3-1-9(2-4-10)12(13(18)19)15-6-8(7-16)5-11(15)17/h1-4,8,12,16H,5-7H2,(H,18,19).